The van der Waals surface area contributed by atoms with Crippen LogP contribution in [0.2, 0.25) is 0 Å². The molecule has 0 radical (unpaired) electrons. The number of nitrogens with one attached hydrogen (secondary N) is 1. The molecule has 1 atom stereocenters. The smallest absolute Gasteiger partial charge is 0.267 e. The number of hydrogen-bond donors (Lipinski definition) is 1. The zero-order valence-corrected chi connectivity index (χ0v) is 18.0. The van der Waals surface area contributed by atoms with Crippen LogP contribution < -0.4 is 10.9 Å². The van der Waals surface area contributed by atoms with E-state index in [-0.39, 0.29) is 5.56 Å². The molecular weight excluding hydrogens is 394 g/mol. The van der Waals surface area contributed by atoms with Crippen molar-refractivity contribution in [1.82, 2.24) is 29.3 Å². The third-order valence-corrected chi connectivity index (χ3v) is 6.27. The van der Waals surface area contributed by atoms with E-state index in [0.717, 1.165) is 60.8 Å². The van der Waals surface area contributed by atoms with E-state index >= 15 is 0 Å². The highest BCUT2D eigenvalue weighted by Crippen LogP contribution is 2.20. The standard InChI is InChI=1S/C22H29N7O2/c1-16-12-20-22(23-6-8-28(20)25-16)24-14-18-4-2-3-7-27(18)9-10-29-21(30)13-17-15-31-11-5-19(17)26-29/h6,8,12-13,18H,2-5,7,9-11,14-15H2,1H3,(H,23,24). The monoisotopic (exact) mass is 423 g/mol. The van der Waals surface area contributed by atoms with E-state index in [1.165, 1.54) is 12.8 Å². The van der Waals surface area contributed by atoms with Gasteiger partial charge in [0.15, 0.2) is 5.82 Å². The van der Waals surface area contributed by atoms with Gasteiger partial charge in [0.05, 0.1) is 31.1 Å². The quantitative estimate of drug-likeness (QED) is 0.645. The van der Waals surface area contributed by atoms with E-state index in [4.69, 9.17) is 4.74 Å². The molecule has 0 saturated carbocycles. The van der Waals surface area contributed by atoms with Gasteiger partial charge >= 0.3 is 0 Å². The Morgan fingerprint density at radius 2 is 2.16 bits per heavy atom. The fraction of sp³-hybridized carbons (Fsp3) is 0.545. The van der Waals surface area contributed by atoms with Crippen LogP contribution in [0.15, 0.2) is 29.3 Å². The lowest BCUT2D eigenvalue weighted by atomic mass is 10.0. The second kappa shape index (κ2) is 8.76. The maximum absolute atomic E-state index is 12.5. The summed E-state index contributed by atoms with van der Waals surface area (Å²) in [5.74, 6) is 0.864. The highest BCUT2D eigenvalue weighted by molar-refractivity contribution is 5.67. The molecule has 164 valence electrons. The van der Waals surface area contributed by atoms with Crippen molar-refractivity contribution >= 4 is 11.3 Å². The van der Waals surface area contributed by atoms with Gasteiger partial charge in [-0.2, -0.15) is 10.2 Å². The topological polar surface area (TPSA) is 89.6 Å². The number of piperidine rings is 1. The number of anilines is 1. The summed E-state index contributed by atoms with van der Waals surface area (Å²) in [4.78, 5) is 19.5. The number of aryl methyl sites for hydroxylation is 1. The lowest BCUT2D eigenvalue weighted by molar-refractivity contribution is 0.107. The molecule has 1 saturated heterocycles. The Hall–Kier alpha value is -2.78. The predicted octanol–water partition coefficient (Wildman–Crippen LogP) is 1.63. The normalized spacial score (nSPS) is 19.5. The number of aromatic nitrogens is 5. The van der Waals surface area contributed by atoms with Crippen molar-refractivity contribution in [3.8, 4) is 0 Å². The first kappa shape index (κ1) is 20.1. The summed E-state index contributed by atoms with van der Waals surface area (Å²) in [6, 6.07) is 4.14. The van der Waals surface area contributed by atoms with E-state index in [1.807, 2.05) is 23.7 Å². The minimum absolute atomic E-state index is 0.0390. The van der Waals surface area contributed by atoms with Crippen LogP contribution in [-0.2, 0) is 24.3 Å². The zero-order chi connectivity index (χ0) is 21.2. The van der Waals surface area contributed by atoms with Crippen molar-refractivity contribution in [3.63, 3.8) is 0 Å². The molecular formula is C22H29N7O2. The Morgan fingerprint density at radius 3 is 3.10 bits per heavy atom. The maximum Gasteiger partial charge on any atom is 0.267 e. The van der Waals surface area contributed by atoms with Gasteiger partial charge in [0.1, 0.15) is 5.52 Å². The summed E-state index contributed by atoms with van der Waals surface area (Å²) in [5.41, 5.74) is 3.87. The molecule has 1 fully saturated rings. The van der Waals surface area contributed by atoms with Crippen molar-refractivity contribution in [3.05, 3.63) is 51.8 Å². The van der Waals surface area contributed by atoms with Crippen molar-refractivity contribution in [2.75, 3.05) is 31.6 Å². The van der Waals surface area contributed by atoms with Gasteiger partial charge in [0.25, 0.3) is 5.56 Å². The van der Waals surface area contributed by atoms with Gasteiger partial charge < -0.3 is 10.1 Å². The molecule has 0 spiro atoms. The average Bonchev–Trinajstić information content (AvgIpc) is 3.17. The lowest BCUT2D eigenvalue weighted by Crippen LogP contribution is -2.46. The molecule has 2 aliphatic heterocycles. The fourth-order valence-corrected chi connectivity index (χ4v) is 4.62. The number of fused-ring (bicyclic) bond motifs is 2. The van der Waals surface area contributed by atoms with Gasteiger partial charge in [0, 0.05) is 49.6 Å². The SMILES string of the molecule is Cc1cc2c(NCC3CCCCN3CCn3nc4c(cc3=O)COCC4)nccn2n1. The van der Waals surface area contributed by atoms with Gasteiger partial charge in [-0.25, -0.2) is 14.2 Å². The van der Waals surface area contributed by atoms with Crippen LogP contribution in [0.1, 0.15) is 36.2 Å². The van der Waals surface area contributed by atoms with E-state index in [9.17, 15) is 4.79 Å². The van der Waals surface area contributed by atoms with Crippen LogP contribution in [0.5, 0.6) is 0 Å². The molecule has 0 aromatic carbocycles. The summed E-state index contributed by atoms with van der Waals surface area (Å²) in [7, 11) is 0. The summed E-state index contributed by atoms with van der Waals surface area (Å²) in [5, 5.41) is 12.6. The number of hydrogen-bond acceptors (Lipinski definition) is 7. The fourth-order valence-electron chi connectivity index (χ4n) is 4.62. The van der Waals surface area contributed by atoms with Crippen LogP contribution >= 0.6 is 0 Å². The summed E-state index contributed by atoms with van der Waals surface area (Å²) >= 11 is 0. The molecule has 2 aliphatic rings. The number of rotatable bonds is 6. The minimum atomic E-state index is -0.0390. The maximum atomic E-state index is 12.5. The first-order valence-corrected chi connectivity index (χ1v) is 11.1. The lowest BCUT2D eigenvalue weighted by Gasteiger charge is -2.36. The highest BCUT2D eigenvalue weighted by Gasteiger charge is 2.23. The molecule has 3 aromatic rings. The molecule has 0 amide bonds. The summed E-state index contributed by atoms with van der Waals surface area (Å²) in [6.07, 6.45) is 7.98. The van der Waals surface area contributed by atoms with Crippen molar-refractivity contribution in [2.45, 2.75) is 51.8 Å². The van der Waals surface area contributed by atoms with Crippen molar-refractivity contribution in [1.29, 1.82) is 0 Å². The Kier molecular flexibility index (Phi) is 5.69. The molecule has 0 aliphatic carbocycles. The average molecular weight is 424 g/mol. The van der Waals surface area contributed by atoms with Gasteiger partial charge in [-0.3, -0.25) is 9.69 Å². The van der Waals surface area contributed by atoms with Gasteiger partial charge in [-0.1, -0.05) is 6.42 Å². The summed E-state index contributed by atoms with van der Waals surface area (Å²) < 4.78 is 8.93. The Labute approximate surface area is 181 Å². The highest BCUT2D eigenvalue weighted by atomic mass is 16.5. The molecule has 1 unspecified atom stereocenters. The van der Waals surface area contributed by atoms with Crippen LogP contribution in [0.4, 0.5) is 5.82 Å². The zero-order valence-electron chi connectivity index (χ0n) is 18.0. The second-order valence-corrected chi connectivity index (χ2v) is 8.44. The van der Waals surface area contributed by atoms with Crippen molar-refractivity contribution < 1.29 is 4.74 Å². The first-order valence-electron chi connectivity index (χ1n) is 11.1. The third kappa shape index (κ3) is 4.33. The van der Waals surface area contributed by atoms with Gasteiger partial charge in [-0.15, -0.1) is 0 Å². The molecule has 3 aromatic heterocycles. The van der Waals surface area contributed by atoms with Crippen LogP contribution in [0.25, 0.3) is 5.52 Å². The van der Waals surface area contributed by atoms with Crippen LogP contribution in [-0.4, -0.2) is 61.6 Å². The molecule has 5 rings (SSSR count). The minimum Gasteiger partial charge on any atom is -0.376 e. The van der Waals surface area contributed by atoms with E-state index < -0.39 is 0 Å². The van der Waals surface area contributed by atoms with Crippen LogP contribution in [0, 0.1) is 6.92 Å². The Bertz CT molecular complexity index is 1120. The molecule has 31 heavy (non-hydrogen) atoms. The number of ether oxygens (including phenoxy) is 1. The first-order chi connectivity index (χ1) is 15.2. The van der Waals surface area contributed by atoms with E-state index in [2.05, 4.69) is 25.4 Å². The Balaban J connectivity index is 1.25. The third-order valence-electron chi connectivity index (χ3n) is 6.27. The van der Waals surface area contributed by atoms with Gasteiger partial charge in [0.2, 0.25) is 0 Å². The Morgan fingerprint density at radius 1 is 1.23 bits per heavy atom. The second-order valence-electron chi connectivity index (χ2n) is 8.44. The number of nitrogens with zero attached hydrogens (tertiary/aromatic N) is 6. The molecule has 9 heteroatoms. The molecule has 5 heterocycles. The van der Waals surface area contributed by atoms with E-state index in [0.29, 0.717) is 25.8 Å². The van der Waals surface area contributed by atoms with Crippen molar-refractivity contribution in [2.24, 2.45) is 0 Å². The largest absolute Gasteiger partial charge is 0.376 e. The van der Waals surface area contributed by atoms with Gasteiger partial charge in [-0.05, 0) is 32.4 Å². The van der Waals surface area contributed by atoms with Crippen LogP contribution in [0.3, 0.4) is 0 Å². The number of likely N-dealkylation sites (tertiary alicyclic amines) is 1. The molecule has 1 N–H and O–H groups in total. The molecule has 0 bridgehead atoms. The summed E-state index contributed by atoms with van der Waals surface area (Å²) in [6.45, 7) is 6.45. The van der Waals surface area contributed by atoms with E-state index in [1.54, 1.807) is 16.9 Å². The predicted molar refractivity (Wildman–Crippen MR) is 117 cm³/mol. The molecule has 9 nitrogen and oxygen atoms in total.